The van der Waals surface area contributed by atoms with Crippen LogP contribution in [0.15, 0.2) is 57.3 Å². The van der Waals surface area contributed by atoms with Crippen molar-refractivity contribution in [1.82, 2.24) is 0 Å². The summed E-state index contributed by atoms with van der Waals surface area (Å²) >= 11 is 0. The van der Waals surface area contributed by atoms with Gasteiger partial charge in [0, 0.05) is 0 Å². The van der Waals surface area contributed by atoms with E-state index in [9.17, 15) is 28.1 Å². The number of aliphatic imine (C=N–C) groups is 1. The zero-order valence-electron chi connectivity index (χ0n) is 13.2. The molecule has 1 aromatic carbocycles. The van der Waals surface area contributed by atoms with Crippen LogP contribution >= 0.6 is 0 Å². The van der Waals surface area contributed by atoms with Crippen LogP contribution in [0, 0.1) is 10.1 Å². The molecule has 0 amide bonds. The maximum Gasteiger partial charge on any atom is 0.418 e. The van der Waals surface area contributed by atoms with Crippen molar-refractivity contribution in [2.75, 3.05) is 0 Å². The number of carbonyl (C=O) groups excluding carboxylic acids is 1. The summed E-state index contributed by atoms with van der Waals surface area (Å²) in [5.41, 5.74) is -2.58. The van der Waals surface area contributed by atoms with E-state index in [2.05, 4.69) is 11.7 Å². The number of alkyl halides is 3. The molecular weight excluding hydrogens is 357 g/mol. The van der Waals surface area contributed by atoms with E-state index in [1.807, 2.05) is 0 Å². The molecule has 0 bridgehead atoms. The fourth-order valence-electron chi connectivity index (χ4n) is 2.09. The van der Waals surface area contributed by atoms with Crippen LogP contribution < -0.4 is 4.74 Å². The van der Waals surface area contributed by atoms with Crippen LogP contribution in [0.3, 0.4) is 0 Å². The molecule has 0 radical (unpaired) electrons. The second-order valence-corrected chi connectivity index (χ2v) is 4.84. The van der Waals surface area contributed by atoms with E-state index < -0.39 is 28.3 Å². The molecule has 7 nitrogen and oxygen atoms in total. The number of nitro groups is 1. The van der Waals surface area contributed by atoms with Crippen LogP contribution in [0.1, 0.15) is 6.92 Å². The summed E-state index contributed by atoms with van der Waals surface area (Å²) in [5, 5.41) is 10.9. The molecule has 0 saturated carbocycles. The summed E-state index contributed by atoms with van der Waals surface area (Å²) < 4.78 is 49.0. The van der Waals surface area contributed by atoms with Crippen LogP contribution in [0.2, 0.25) is 0 Å². The third-order valence-electron chi connectivity index (χ3n) is 3.18. The molecule has 0 N–H and O–H groups in total. The molecule has 0 unspecified atom stereocenters. The van der Waals surface area contributed by atoms with Crippen molar-refractivity contribution in [3.8, 4) is 5.75 Å². The van der Waals surface area contributed by atoms with Crippen LogP contribution in [0.4, 0.5) is 18.9 Å². The van der Waals surface area contributed by atoms with Crippen molar-refractivity contribution >= 4 is 29.3 Å². The molecule has 2 rings (SSSR count). The number of esters is 1. The summed E-state index contributed by atoms with van der Waals surface area (Å²) in [7, 11) is 0. The number of ether oxygens (including phenoxy) is 1. The van der Waals surface area contributed by atoms with Crippen molar-refractivity contribution in [3.05, 3.63) is 58.0 Å². The number of allylic oxidation sites excluding steroid dienone is 3. The van der Waals surface area contributed by atoms with E-state index in [1.54, 1.807) is 0 Å². The first-order valence-electron chi connectivity index (χ1n) is 6.97. The number of nitrogens with zero attached hydrogens (tertiary/aromatic N) is 2. The van der Waals surface area contributed by atoms with E-state index in [-0.39, 0.29) is 22.4 Å². The topological polar surface area (TPSA) is 94.9 Å². The molecule has 1 aromatic heterocycles. The normalized spacial score (nSPS) is 12.9. The molecule has 26 heavy (non-hydrogen) atoms. The number of benzene rings is 1. The first kappa shape index (κ1) is 18.9. The minimum Gasteiger partial charge on any atom is -0.457 e. The summed E-state index contributed by atoms with van der Waals surface area (Å²) in [6.45, 7) is 4.31. The van der Waals surface area contributed by atoms with Crippen LogP contribution in [0.25, 0.3) is 11.0 Å². The smallest absolute Gasteiger partial charge is 0.418 e. The quantitative estimate of drug-likeness (QED) is 0.149. The molecule has 0 fully saturated rings. The van der Waals surface area contributed by atoms with Gasteiger partial charge >= 0.3 is 17.8 Å². The first-order chi connectivity index (χ1) is 12.2. The average molecular weight is 368 g/mol. The number of furan rings is 1. The highest BCUT2D eigenvalue weighted by atomic mass is 19.4. The Labute approximate surface area is 144 Å². The van der Waals surface area contributed by atoms with E-state index in [0.717, 1.165) is 18.4 Å². The van der Waals surface area contributed by atoms with Gasteiger partial charge in [-0.1, -0.05) is 12.2 Å². The standard InChI is InChI=1S/C16H11F3N2O5/c1-3-4-11(16(17,18)19)14(20-2)15(22)26-9-5-6-13-10(7-9)12(8-25-13)21(23)24/h3-8H,2H2,1H3/b4-3-,14-11+. The van der Waals surface area contributed by atoms with Crippen molar-refractivity contribution in [1.29, 1.82) is 0 Å². The van der Waals surface area contributed by atoms with Gasteiger partial charge in [-0.05, 0) is 31.8 Å². The Balaban J connectivity index is 2.44. The van der Waals surface area contributed by atoms with Crippen LogP contribution in [-0.2, 0) is 4.79 Å². The monoisotopic (exact) mass is 368 g/mol. The second-order valence-electron chi connectivity index (χ2n) is 4.84. The molecule has 1 heterocycles. The highest BCUT2D eigenvalue weighted by Crippen LogP contribution is 2.33. The van der Waals surface area contributed by atoms with Gasteiger partial charge in [0.25, 0.3) is 0 Å². The molecule has 0 spiro atoms. The Kier molecular flexibility index (Phi) is 5.24. The zero-order chi connectivity index (χ0) is 19.5. The lowest BCUT2D eigenvalue weighted by atomic mass is 10.1. The minimum atomic E-state index is -4.85. The minimum absolute atomic E-state index is 0.0295. The van der Waals surface area contributed by atoms with Gasteiger partial charge in [0.1, 0.15) is 16.7 Å². The Morgan fingerprint density at radius 1 is 1.42 bits per heavy atom. The SMILES string of the molecule is C=N/C(C(=O)Oc1ccc2occ([N+](=O)[O-])c2c1)=C(\C=C/C)C(F)(F)F. The van der Waals surface area contributed by atoms with Crippen LogP contribution in [0.5, 0.6) is 5.75 Å². The van der Waals surface area contributed by atoms with Gasteiger partial charge in [-0.25, -0.2) is 4.79 Å². The summed E-state index contributed by atoms with van der Waals surface area (Å²) in [6, 6.07) is 3.61. The van der Waals surface area contributed by atoms with Gasteiger partial charge in [-0.2, -0.15) is 13.2 Å². The lowest BCUT2D eigenvalue weighted by Gasteiger charge is -2.11. The molecule has 0 aliphatic carbocycles. The Hall–Kier alpha value is -3.43. The predicted molar refractivity (Wildman–Crippen MR) is 85.9 cm³/mol. The number of carbonyl (C=O) groups is 1. The van der Waals surface area contributed by atoms with E-state index >= 15 is 0 Å². The Morgan fingerprint density at radius 3 is 2.65 bits per heavy atom. The number of halogens is 3. The largest absolute Gasteiger partial charge is 0.457 e. The molecule has 10 heteroatoms. The predicted octanol–water partition coefficient (Wildman–Crippen LogP) is 4.34. The van der Waals surface area contributed by atoms with Gasteiger partial charge < -0.3 is 9.15 Å². The number of fused-ring (bicyclic) bond motifs is 1. The van der Waals surface area contributed by atoms with Crippen molar-refractivity contribution in [3.63, 3.8) is 0 Å². The molecule has 2 aromatic rings. The lowest BCUT2D eigenvalue weighted by molar-refractivity contribution is -0.383. The van der Waals surface area contributed by atoms with Crippen molar-refractivity contribution in [2.45, 2.75) is 13.1 Å². The summed E-state index contributed by atoms with van der Waals surface area (Å²) in [6.07, 6.45) is -2.20. The lowest BCUT2D eigenvalue weighted by Crippen LogP contribution is -2.19. The first-order valence-corrected chi connectivity index (χ1v) is 6.97. The van der Waals surface area contributed by atoms with Gasteiger partial charge in [-0.15, -0.1) is 0 Å². The van der Waals surface area contributed by atoms with Crippen LogP contribution in [-0.4, -0.2) is 23.8 Å². The number of hydrogen-bond donors (Lipinski definition) is 0. The molecule has 0 saturated heterocycles. The van der Waals surface area contributed by atoms with Gasteiger partial charge in [-0.3, -0.25) is 15.1 Å². The maximum absolute atomic E-state index is 13.1. The molecule has 136 valence electrons. The highest BCUT2D eigenvalue weighted by molar-refractivity contribution is 5.93. The van der Waals surface area contributed by atoms with E-state index in [1.165, 1.54) is 19.1 Å². The third kappa shape index (κ3) is 3.79. The van der Waals surface area contributed by atoms with E-state index in [0.29, 0.717) is 6.08 Å². The van der Waals surface area contributed by atoms with Gasteiger partial charge in [0.2, 0.25) is 0 Å². The maximum atomic E-state index is 13.1. The fraction of sp³-hybridized carbons (Fsp3) is 0.125. The second kappa shape index (κ2) is 7.21. The van der Waals surface area contributed by atoms with Gasteiger partial charge in [0.15, 0.2) is 12.0 Å². The third-order valence-corrected chi connectivity index (χ3v) is 3.18. The highest BCUT2D eigenvalue weighted by Gasteiger charge is 2.37. The Morgan fingerprint density at radius 2 is 2.12 bits per heavy atom. The Bertz CT molecular complexity index is 941. The van der Waals surface area contributed by atoms with E-state index in [4.69, 9.17) is 9.15 Å². The van der Waals surface area contributed by atoms with Crippen molar-refractivity contribution < 1.29 is 32.0 Å². The van der Waals surface area contributed by atoms with Gasteiger partial charge in [0.05, 0.1) is 10.5 Å². The van der Waals surface area contributed by atoms with Crippen molar-refractivity contribution in [2.24, 2.45) is 4.99 Å². The molecule has 0 atom stereocenters. The fourth-order valence-corrected chi connectivity index (χ4v) is 2.09. The summed E-state index contributed by atoms with van der Waals surface area (Å²) in [5.74, 6) is -1.62. The number of hydrogen-bond acceptors (Lipinski definition) is 6. The zero-order valence-corrected chi connectivity index (χ0v) is 13.2. The average Bonchev–Trinajstić information content (AvgIpc) is 2.97. The molecule has 0 aliphatic rings. The molecular formula is C16H11F3N2O5. The molecule has 0 aliphatic heterocycles. The number of rotatable bonds is 5. The summed E-state index contributed by atoms with van der Waals surface area (Å²) in [4.78, 5) is 25.4.